The molecule has 0 aliphatic heterocycles. The highest BCUT2D eigenvalue weighted by molar-refractivity contribution is 14.1. The van der Waals surface area contributed by atoms with Crippen molar-refractivity contribution < 1.29 is 39.0 Å². The molecule has 1 unspecified atom stereocenters. The van der Waals surface area contributed by atoms with E-state index >= 15 is 0 Å². The first-order chi connectivity index (χ1) is 28.7. The molecule has 316 valence electrons. The number of anilines is 2. The van der Waals surface area contributed by atoms with Crippen LogP contribution in [0.1, 0.15) is 79.4 Å². The van der Waals surface area contributed by atoms with Gasteiger partial charge in [-0.1, -0.05) is 12.1 Å². The van der Waals surface area contributed by atoms with E-state index in [1.54, 1.807) is 12.1 Å². The van der Waals surface area contributed by atoms with Crippen molar-refractivity contribution in [3.8, 4) is 12.3 Å². The number of benzene rings is 2. The first-order valence-corrected chi connectivity index (χ1v) is 20.2. The van der Waals surface area contributed by atoms with E-state index in [1.807, 2.05) is 24.3 Å². The van der Waals surface area contributed by atoms with E-state index in [4.69, 9.17) is 12.2 Å². The number of carbonyl (C=O) groups excluding carboxylic acids is 4. The number of terminal acetylenes is 1. The number of halogens is 1. The number of aromatic nitrogens is 4. The van der Waals surface area contributed by atoms with E-state index in [9.17, 15) is 43.8 Å². The van der Waals surface area contributed by atoms with E-state index in [2.05, 4.69) is 69.7 Å². The summed E-state index contributed by atoms with van der Waals surface area (Å²) >= 11 is 2.23. The number of fused-ring (bicyclic) bond motifs is 1. The molecule has 0 spiro atoms. The molecule has 0 radical (unpaired) electrons. The number of aryl methyl sites for hydroxylation is 1. The number of carbonyl (C=O) groups is 6. The largest absolute Gasteiger partial charge is 0.480 e. The summed E-state index contributed by atoms with van der Waals surface area (Å²) in [7, 11) is 0. The maximum Gasteiger partial charge on any atom is 0.326 e. The number of aromatic amines is 1. The summed E-state index contributed by atoms with van der Waals surface area (Å²) in [5, 5.41) is 30.3. The number of amides is 3. The molecule has 60 heavy (non-hydrogen) atoms. The molecule has 4 rings (SSSR count). The summed E-state index contributed by atoms with van der Waals surface area (Å²) in [4.78, 5) is 102. The fourth-order valence-electron chi connectivity index (χ4n) is 6.01. The highest BCUT2D eigenvalue weighted by atomic mass is 127. The minimum absolute atomic E-state index is 0.0233. The average molecular weight is 936 g/mol. The van der Waals surface area contributed by atoms with Gasteiger partial charge < -0.3 is 37.2 Å². The van der Waals surface area contributed by atoms with E-state index in [0.717, 1.165) is 15.6 Å². The van der Waals surface area contributed by atoms with Gasteiger partial charge in [0.25, 0.3) is 11.5 Å². The summed E-state index contributed by atoms with van der Waals surface area (Å²) in [6.45, 7) is 0.527. The van der Waals surface area contributed by atoms with Crippen LogP contribution in [0, 0.1) is 21.8 Å². The smallest absolute Gasteiger partial charge is 0.326 e. The molecule has 4 aromatic rings. The summed E-state index contributed by atoms with van der Waals surface area (Å²) in [6, 6.07) is 11.5. The molecule has 0 saturated carbocycles. The molecule has 0 fully saturated rings. The fourth-order valence-corrected chi connectivity index (χ4v) is 6.37. The van der Waals surface area contributed by atoms with Gasteiger partial charge in [0.1, 0.15) is 17.9 Å². The normalized spacial score (nSPS) is 12.3. The van der Waals surface area contributed by atoms with Crippen LogP contribution in [0.5, 0.6) is 0 Å². The summed E-state index contributed by atoms with van der Waals surface area (Å²) in [6.07, 6.45) is 8.58. The van der Waals surface area contributed by atoms with Crippen LogP contribution < -0.4 is 32.6 Å². The third-order valence-electron chi connectivity index (χ3n) is 9.27. The molecule has 0 bridgehead atoms. The van der Waals surface area contributed by atoms with Crippen LogP contribution in [0.3, 0.4) is 0 Å². The number of ketones is 1. The third kappa shape index (κ3) is 15.1. The quantitative estimate of drug-likeness (QED) is 0.0285. The molecule has 0 saturated heterocycles. The molecule has 3 atom stereocenters. The maximum atomic E-state index is 13.1. The van der Waals surface area contributed by atoms with Crippen molar-refractivity contribution in [2.24, 2.45) is 5.92 Å². The lowest BCUT2D eigenvalue weighted by atomic mass is 9.94. The number of hydrogen-bond acceptors (Lipinski definition) is 12. The molecule has 19 heteroatoms. The van der Waals surface area contributed by atoms with Crippen LogP contribution in [0.15, 0.2) is 59.5 Å². The number of nitrogen functional groups attached to an aromatic ring is 1. The van der Waals surface area contributed by atoms with Crippen molar-refractivity contribution in [2.75, 3.05) is 17.6 Å². The van der Waals surface area contributed by atoms with Gasteiger partial charge in [0.2, 0.25) is 17.8 Å². The first-order valence-electron chi connectivity index (χ1n) is 19.1. The second kappa shape index (κ2) is 23.2. The number of H-pyrrole nitrogens is 1. The molecule has 2 aromatic carbocycles. The van der Waals surface area contributed by atoms with Crippen molar-refractivity contribution in [3.05, 3.63) is 85.5 Å². The minimum atomic E-state index is -1.43. The lowest BCUT2D eigenvalue weighted by molar-refractivity contribution is -0.142. The first kappa shape index (κ1) is 46.3. The predicted molar refractivity (Wildman–Crippen MR) is 229 cm³/mol. The van der Waals surface area contributed by atoms with E-state index < -0.39 is 53.1 Å². The second-order valence-corrected chi connectivity index (χ2v) is 15.1. The molecule has 0 aliphatic carbocycles. The number of nitrogens with one attached hydrogen (secondary N) is 5. The SMILES string of the molecule is C#CCC(CC(=O)CC[C@H](NC(=O)c1ccc(NCc2cnc3nc(N)[nH]c(=O)c3n2)cc1)C(=O)O)C(=O)N[C@@H](CCCCNC(=O)CCCc1ccc(I)cc1)C(=O)O. The van der Waals surface area contributed by atoms with Crippen molar-refractivity contribution in [2.45, 2.75) is 82.8 Å². The average Bonchev–Trinajstić information content (AvgIpc) is 3.21. The Morgan fingerprint density at radius 1 is 0.883 bits per heavy atom. The van der Waals surface area contributed by atoms with Gasteiger partial charge in [0.15, 0.2) is 11.2 Å². The van der Waals surface area contributed by atoms with Gasteiger partial charge >= 0.3 is 11.9 Å². The van der Waals surface area contributed by atoms with Crippen molar-refractivity contribution in [3.63, 3.8) is 0 Å². The highest BCUT2D eigenvalue weighted by Crippen LogP contribution is 2.16. The molecule has 3 amide bonds. The van der Waals surface area contributed by atoms with Gasteiger partial charge in [-0.05, 0) is 103 Å². The Hall–Kier alpha value is -6.43. The number of rotatable bonds is 24. The van der Waals surface area contributed by atoms with Gasteiger partial charge in [0, 0.05) is 47.0 Å². The van der Waals surface area contributed by atoms with Gasteiger partial charge in [-0.2, -0.15) is 4.98 Å². The molecule has 2 aromatic heterocycles. The molecule has 0 aliphatic rings. The zero-order valence-corrected chi connectivity index (χ0v) is 34.7. The lowest BCUT2D eigenvalue weighted by Gasteiger charge is -2.19. The van der Waals surface area contributed by atoms with Crippen molar-refractivity contribution in [1.82, 2.24) is 35.9 Å². The Labute approximate surface area is 358 Å². The zero-order chi connectivity index (χ0) is 43.6. The Bertz CT molecular complexity index is 2260. The van der Waals surface area contributed by atoms with Crippen LogP contribution in [-0.2, 0) is 36.9 Å². The summed E-state index contributed by atoms with van der Waals surface area (Å²) < 4.78 is 1.14. The number of carboxylic acids is 2. The molecular weight excluding hydrogens is 889 g/mol. The Kier molecular flexibility index (Phi) is 17.9. The zero-order valence-electron chi connectivity index (χ0n) is 32.5. The number of nitrogens with two attached hydrogens (primary N) is 1. The van der Waals surface area contributed by atoms with Crippen LogP contribution in [0.2, 0.25) is 0 Å². The second-order valence-electron chi connectivity index (χ2n) is 13.9. The lowest BCUT2D eigenvalue weighted by Crippen LogP contribution is -2.44. The Morgan fingerprint density at radius 3 is 2.27 bits per heavy atom. The van der Waals surface area contributed by atoms with Crippen molar-refractivity contribution >= 4 is 80.8 Å². The maximum absolute atomic E-state index is 13.1. The third-order valence-corrected chi connectivity index (χ3v) is 9.99. The molecule has 9 N–H and O–H groups in total. The van der Waals surface area contributed by atoms with Gasteiger partial charge in [-0.3, -0.25) is 29.0 Å². The predicted octanol–water partition coefficient (Wildman–Crippen LogP) is 2.95. The number of unbranched alkanes of at least 4 members (excludes halogenated alkanes) is 1. The number of aliphatic carboxylic acids is 2. The van der Waals surface area contributed by atoms with Crippen LogP contribution in [-0.4, -0.2) is 84.2 Å². The van der Waals surface area contributed by atoms with E-state index in [-0.39, 0.29) is 67.2 Å². The monoisotopic (exact) mass is 935 g/mol. The van der Waals surface area contributed by atoms with Gasteiger partial charge in [-0.25, -0.2) is 19.6 Å². The van der Waals surface area contributed by atoms with Crippen molar-refractivity contribution in [1.29, 1.82) is 0 Å². The fraction of sp³-hybridized carbons (Fsp3) is 0.366. The van der Waals surface area contributed by atoms with Crippen LogP contribution in [0.25, 0.3) is 11.2 Å². The van der Waals surface area contributed by atoms with E-state index in [1.165, 1.54) is 18.3 Å². The van der Waals surface area contributed by atoms with Crippen LogP contribution in [0.4, 0.5) is 11.6 Å². The minimum Gasteiger partial charge on any atom is -0.480 e. The number of Topliss-reactive ketones (excluding diaryl/α,β-unsaturated/α-hetero) is 1. The van der Waals surface area contributed by atoms with Gasteiger partial charge in [-0.15, -0.1) is 12.3 Å². The number of hydrogen-bond donors (Lipinski definition) is 8. The van der Waals surface area contributed by atoms with Crippen LogP contribution >= 0.6 is 22.6 Å². The van der Waals surface area contributed by atoms with Gasteiger partial charge in [0.05, 0.1) is 24.4 Å². The number of nitrogens with zero attached hydrogens (tertiary/aromatic N) is 3. The highest BCUT2D eigenvalue weighted by Gasteiger charge is 2.28. The van der Waals surface area contributed by atoms with E-state index in [0.29, 0.717) is 43.6 Å². The molecule has 2 heterocycles. The Balaban J connectivity index is 1.18. The summed E-state index contributed by atoms with van der Waals surface area (Å²) in [5.41, 5.74) is 7.44. The standard InChI is InChI=1S/C41H46IN9O9/c1-2-6-26(37(55)48-31(39(57)58)8-3-4-20-44-33(53)9-5-7-24-10-14-27(42)15-11-24)21-30(52)18-19-32(40(59)60)49-36(54)25-12-16-28(17-13-25)45-22-29-23-46-35-34(47-29)38(56)51-41(43)50-35/h1,10-17,23,26,31-32,45H,3-9,18-22H2,(H,44,53)(H,48,55)(H,49,54)(H,57,58)(H,59,60)(H3,43,46,50,51,56)/t26?,31-,32-/m0/s1. The Morgan fingerprint density at radius 2 is 1.58 bits per heavy atom. The number of carboxylic acid groups (broad SMARTS) is 2. The molecule has 18 nitrogen and oxygen atoms in total. The topological polar surface area (TPSA) is 289 Å². The molecular formula is C41H46IN9O9. The summed E-state index contributed by atoms with van der Waals surface area (Å²) in [5.74, 6) is -3.46.